The second-order valence-electron chi connectivity index (χ2n) is 3.56. The predicted molar refractivity (Wildman–Crippen MR) is 61.5 cm³/mol. The Morgan fingerprint density at radius 3 is 2.69 bits per heavy atom. The predicted octanol–water partition coefficient (Wildman–Crippen LogP) is 2.39. The van der Waals surface area contributed by atoms with E-state index in [0.29, 0.717) is 5.82 Å². The molecule has 2 aromatic rings. The molecule has 0 radical (unpaired) electrons. The number of imidazole rings is 1. The van der Waals surface area contributed by atoms with Gasteiger partial charge in [0.1, 0.15) is 17.4 Å². The first-order valence-electron chi connectivity index (χ1n) is 4.87. The van der Waals surface area contributed by atoms with Crippen LogP contribution in [-0.2, 0) is 7.05 Å². The van der Waals surface area contributed by atoms with E-state index < -0.39 is 0 Å². The first-order valence-corrected chi connectivity index (χ1v) is 4.87. The number of fused-ring (bicyclic) bond motifs is 1. The number of nitriles is 1. The molecule has 0 aliphatic rings. The Hall–Kier alpha value is -2.28. The molecular formula is C12H11N3O. The van der Waals surface area contributed by atoms with E-state index in [-0.39, 0.29) is 11.3 Å². The lowest BCUT2D eigenvalue weighted by molar-refractivity contribution is 0.417. The molecule has 2 rings (SSSR count). The van der Waals surface area contributed by atoms with E-state index in [1.165, 1.54) is 6.92 Å². The molecule has 0 unspecified atom stereocenters. The summed E-state index contributed by atoms with van der Waals surface area (Å²) < 4.78 is 1.80. The minimum Gasteiger partial charge on any atom is -0.511 e. The van der Waals surface area contributed by atoms with Gasteiger partial charge in [-0.25, -0.2) is 4.98 Å². The van der Waals surface area contributed by atoms with Gasteiger partial charge in [-0.3, -0.25) is 0 Å². The van der Waals surface area contributed by atoms with Crippen molar-refractivity contribution in [3.8, 4) is 6.07 Å². The first-order chi connectivity index (χ1) is 7.65. The standard InChI is InChI=1S/C12H11N3O/c1-8(16)9(7-13)12-14-10-5-3-4-6-11(10)15(12)2/h3-6,16H,1-2H3/b9-8+. The van der Waals surface area contributed by atoms with E-state index in [0.717, 1.165) is 11.0 Å². The second kappa shape index (κ2) is 3.70. The molecule has 0 saturated heterocycles. The SMILES string of the molecule is C/C(O)=C(/C#N)c1nc2ccccc2n1C. The Morgan fingerprint density at radius 1 is 1.44 bits per heavy atom. The molecule has 4 heteroatoms. The molecule has 16 heavy (non-hydrogen) atoms. The van der Waals surface area contributed by atoms with Gasteiger partial charge in [-0.2, -0.15) is 5.26 Å². The highest BCUT2D eigenvalue weighted by molar-refractivity contribution is 5.83. The number of hydrogen-bond acceptors (Lipinski definition) is 3. The van der Waals surface area contributed by atoms with E-state index in [1.807, 2.05) is 37.4 Å². The van der Waals surface area contributed by atoms with Gasteiger partial charge < -0.3 is 9.67 Å². The summed E-state index contributed by atoms with van der Waals surface area (Å²) in [6, 6.07) is 9.57. The average molecular weight is 213 g/mol. The molecule has 0 aliphatic carbocycles. The van der Waals surface area contributed by atoms with Crippen molar-refractivity contribution in [1.82, 2.24) is 9.55 Å². The average Bonchev–Trinajstić information content (AvgIpc) is 2.58. The fourth-order valence-corrected chi connectivity index (χ4v) is 1.66. The minimum atomic E-state index is -0.0130. The Labute approximate surface area is 93.1 Å². The summed E-state index contributed by atoms with van der Waals surface area (Å²) in [5, 5.41) is 18.4. The highest BCUT2D eigenvalue weighted by Crippen LogP contribution is 2.21. The minimum absolute atomic E-state index is 0.0130. The number of aliphatic hydroxyl groups excluding tert-OH is 1. The third-order valence-corrected chi connectivity index (χ3v) is 2.48. The summed E-state index contributed by atoms with van der Waals surface area (Å²) in [6.45, 7) is 1.48. The van der Waals surface area contributed by atoms with E-state index in [2.05, 4.69) is 4.98 Å². The fraction of sp³-hybridized carbons (Fsp3) is 0.167. The number of hydrogen-bond donors (Lipinski definition) is 1. The van der Waals surface area contributed by atoms with Gasteiger partial charge in [0.05, 0.1) is 11.0 Å². The maximum Gasteiger partial charge on any atom is 0.154 e. The quantitative estimate of drug-likeness (QED) is 0.584. The molecule has 4 nitrogen and oxygen atoms in total. The Bertz CT molecular complexity index is 613. The lowest BCUT2D eigenvalue weighted by atomic mass is 10.2. The normalized spacial score (nSPS) is 12.3. The summed E-state index contributed by atoms with van der Waals surface area (Å²) in [5.74, 6) is 0.476. The number of aromatic nitrogens is 2. The summed E-state index contributed by atoms with van der Waals surface area (Å²) in [7, 11) is 1.82. The molecule has 1 aromatic carbocycles. The summed E-state index contributed by atoms with van der Waals surface area (Å²) in [6.07, 6.45) is 0. The molecule has 0 spiro atoms. The molecule has 80 valence electrons. The zero-order valence-corrected chi connectivity index (χ0v) is 9.10. The van der Waals surface area contributed by atoms with Crippen LogP contribution in [0.25, 0.3) is 16.6 Å². The van der Waals surface area contributed by atoms with Crippen LogP contribution in [0, 0.1) is 11.3 Å². The number of rotatable bonds is 1. The van der Waals surface area contributed by atoms with Crippen LogP contribution in [-0.4, -0.2) is 14.7 Å². The molecule has 1 aromatic heterocycles. The number of para-hydroxylation sites is 2. The maximum atomic E-state index is 9.42. The summed E-state index contributed by atoms with van der Waals surface area (Å²) in [5.41, 5.74) is 1.96. The molecule has 0 fully saturated rings. The van der Waals surface area contributed by atoms with Crippen molar-refractivity contribution in [3.05, 3.63) is 35.8 Å². The van der Waals surface area contributed by atoms with Crippen LogP contribution in [0.4, 0.5) is 0 Å². The number of aryl methyl sites for hydroxylation is 1. The number of aliphatic hydroxyl groups is 1. The van der Waals surface area contributed by atoms with Crippen molar-refractivity contribution in [3.63, 3.8) is 0 Å². The highest BCUT2D eigenvalue weighted by atomic mass is 16.3. The smallest absolute Gasteiger partial charge is 0.154 e. The van der Waals surface area contributed by atoms with Crippen LogP contribution >= 0.6 is 0 Å². The van der Waals surface area contributed by atoms with Gasteiger partial charge in [0.25, 0.3) is 0 Å². The van der Waals surface area contributed by atoms with Crippen LogP contribution < -0.4 is 0 Å². The summed E-state index contributed by atoms with van der Waals surface area (Å²) in [4.78, 5) is 4.33. The van der Waals surface area contributed by atoms with Crippen molar-refractivity contribution in [2.24, 2.45) is 7.05 Å². The van der Waals surface area contributed by atoms with E-state index in [1.54, 1.807) is 4.57 Å². The van der Waals surface area contributed by atoms with Gasteiger partial charge >= 0.3 is 0 Å². The molecule has 0 bridgehead atoms. The van der Waals surface area contributed by atoms with Gasteiger partial charge in [0.2, 0.25) is 0 Å². The van der Waals surface area contributed by atoms with Gasteiger partial charge in [0.15, 0.2) is 5.82 Å². The zero-order valence-electron chi connectivity index (χ0n) is 9.10. The Kier molecular flexibility index (Phi) is 2.37. The molecule has 0 amide bonds. The van der Waals surface area contributed by atoms with E-state index >= 15 is 0 Å². The third-order valence-electron chi connectivity index (χ3n) is 2.48. The van der Waals surface area contributed by atoms with E-state index in [9.17, 15) is 5.11 Å². The zero-order chi connectivity index (χ0) is 11.7. The third kappa shape index (κ3) is 1.43. The molecule has 1 heterocycles. The topological polar surface area (TPSA) is 61.8 Å². The Balaban J connectivity index is 2.77. The van der Waals surface area contributed by atoms with Crippen LogP contribution in [0.2, 0.25) is 0 Å². The van der Waals surface area contributed by atoms with Crippen LogP contribution in [0.15, 0.2) is 30.0 Å². The van der Waals surface area contributed by atoms with Crippen molar-refractivity contribution in [2.75, 3.05) is 0 Å². The molecule has 1 N–H and O–H groups in total. The van der Waals surface area contributed by atoms with Gasteiger partial charge in [-0.15, -0.1) is 0 Å². The second-order valence-corrected chi connectivity index (χ2v) is 3.56. The van der Waals surface area contributed by atoms with Crippen LogP contribution in [0.1, 0.15) is 12.7 Å². The van der Waals surface area contributed by atoms with E-state index in [4.69, 9.17) is 5.26 Å². The van der Waals surface area contributed by atoms with Crippen molar-refractivity contribution < 1.29 is 5.11 Å². The van der Waals surface area contributed by atoms with Crippen LogP contribution in [0.3, 0.4) is 0 Å². The number of nitrogens with zero attached hydrogens (tertiary/aromatic N) is 3. The van der Waals surface area contributed by atoms with Crippen LogP contribution in [0.5, 0.6) is 0 Å². The molecule has 0 atom stereocenters. The number of allylic oxidation sites excluding steroid dienone is 2. The number of benzene rings is 1. The lowest BCUT2D eigenvalue weighted by Gasteiger charge is -2.00. The van der Waals surface area contributed by atoms with Gasteiger partial charge in [-0.1, -0.05) is 12.1 Å². The molecule has 0 saturated carbocycles. The van der Waals surface area contributed by atoms with Crippen molar-refractivity contribution in [1.29, 1.82) is 5.26 Å². The lowest BCUT2D eigenvalue weighted by Crippen LogP contribution is -1.97. The largest absolute Gasteiger partial charge is 0.511 e. The monoisotopic (exact) mass is 213 g/mol. The fourth-order valence-electron chi connectivity index (χ4n) is 1.66. The highest BCUT2D eigenvalue weighted by Gasteiger charge is 2.13. The van der Waals surface area contributed by atoms with Gasteiger partial charge in [-0.05, 0) is 19.1 Å². The van der Waals surface area contributed by atoms with Crippen molar-refractivity contribution >= 4 is 16.6 Å². The summed E-state index contributed by atoms with van der Waals surface area (Å²) >= 11 is 0. The maximum absolute atomic E-state index is 9.42. The first kappa shape index (κ1) is 10.2. The molecule has 0 aliphatic heterocycles. The van der Waals surface area contributed by atoms with Gasteiger partial charge in [0, 0.05) is 7.05 Å². The van der Waals surface area contributed by atoms with Crippen molar-refractivity contribution in [2.45, 2.75) is 6.92 Å². The Morgan fingerprint density at radius 2 is 2.12 bits per heavy atom. The molecular weight excluding hydrogens is 202 g/mol.